The van der Waals surface area contributed by atoms with Gasteiger partial charge in [0.05, 0.1) is 0 Å². The van der Waals surface area contributed by atoms with Gasteiger partial charge in [0.25, 0.3) is 0 Å². The van der Waals surface area contributed by atoms with Crippen LogP contribution in [0.3, 0.4) is 0 Å². The van der Waals surface area contributed by atoms with Gasteiger partial charge in [-0.25, -0.2) is 4.39 Å². The molecule has 2 aromatic carbocycles. The first kappa shape index (κ1) is 16.0. The van der Waals surface area contributed by atoms with Crippen molar-refractivity contribution in [1.29, 1.82) is 0 Å². The molecular weight excluding hydrogens is 333 g/mol. The normalized spacial score (nSPS) is 12.2. The van der Waals surface area contributed by atoms with Crippen molar-refractivity contribution in [2.75, 3.05) is 6.54 Å². The van der Waals surface area contributed by atoms with Crippen molar-refractivity contribution in [2.45, 2.75) is 26.8 Å². The first-order chi connectivity index (χ1) is 10.0. The highest BCUT2D eigenvalue weighted by Gasteiger charge is 2.15. The summed E-state index contributed by atoms with van der Waals surface area (Å²) in [6.45, 7) is 6.58. The van der Waals surface area contributed by atoms with E-state index in [-0.39, 0.29) is 11.9 Å². The van der Waals surface area contributed by atoms with E-state index in [4.69, 9.17) is 4.74 Å². The van der Waals surface area contributed by atoms with E-state index in [9.17, 15) is 4.39 Å². The summed E-state index contributed by atoms with van der Waals surface area (Å²) in [4.78, 5) is 0. The van der Waals surface area contributed by atoms with E-state index in [1.54, 1.807) is 19.1 Å². The summed E-state index contributed by atoms with van der Waals surface area (Å²) >= 11 is 3.40. The summed E-state index contributed by atoms with van der Waals surface area (Å²) in [5.41, 5.74) is 1.40. The van der Waals surface area contributed by atoms with Crippen LogP contribution in [0, 0.1) is 12.7 Å². The summed E-state index contributed by atoms with van der Waals surface area (Å²) in [6, 6.07) is 10.9. The molecule has 2 rings (SSSR count). The van der Waals surface area contributed by atoms with E-state index < -0.39 is 0 Å². The minimum atomic E-state index is -0.210. The highest BCUT2D eigenvalue weighted by Crippen LogP contribution is 2.32. The van der Waals surface area contributed by atoms with Crippen molar-refractivity contribution in [1.82, 2.24) is 5.32 Å². The third kappa shape index (κ3) is 4.05. The number of aryl methyl sites for hydroxylation is 1. The molecule has 0 aliphatic carbocycles. The molecule has 0 saturated heterocycles. The SMILES string of the molecule is CCNC(C)c1cc(F)c(C)cc1Oc1ccc(Br)cc1. The van der Waals surface area contributed by atoms with Gasteiger partial charge in [-0.3, -0.25) is 0 Å². The van der Waals surface area contributed by atoms with Crippen molar-refractivity contribution < 1.29 is 9.13 Å². The zero-order valence-corrected chi connectivity index (χ0v) is 14.0. The van der Waals surface area contributed by atoms with Crippen molar-refractivity contribution >= 4 is 15.9 Å². The van der Waals surface area contributed by atoms with Crippen LogP contribution in [-0.4, -0.2) is 6.54 Å². The molecule has 0 aromatic heterocycles. The largest absolute Gasteiger partial charge is 0.457 e. The molecule has 0 bridgehead atoms. The monoisotopic (exact) mass is 351 g/mol. The van der Waals surface area contributed by atoms with Crippen molar-refractivity contribution in [3.8, 4) is 11.5 Å². The first-order valence-corrected chi connectivity index (χ1v) is 7.77. The van der Waals surface area contributed by atoms with Gasteiger partial charge >= 0.3 is 0 Å². The molecule has 0 aliphatic heterocycles. The minimum absolute atomic E-state index is 0.0237. The summed E-state index contributed by atoms with van der Waals surface area (Å²) in [6.07, 6.45) is 0. The molecule has 2 aromatic rings. The van der Waals surface area contributed by atoms with Gasteiger partial charge in [-0.2, -0.15) is 0 Å². The van der Waals surface area contributed by atoms with Crippen LogP contribution in [0.25, 0.3) is 0 Å². The summed E-state index contributed by atoms with van der Waals surface area (Å²) in [7, 11) is 0. The number of halogens is 2. The molecule has 1 N–H and O–H groups in total. The fourth-order valence-corrected chi connectivity index (χ4v) is 2.41. The van der Waals surface area contributed by atoms with Crippen LogP contribution in [0.1, 0.15) is 31.0 Å². The molecule has 0 spiro atoms. The van der Waals surface area contributed by atoms with E-state index in [1.165, 1.54) is 0 Å². The fourth-order valence-electron chi connectivity index (χ4n) is 2.14. The second-order valence-electron chi connectivity index (χ2n) is 4.97. The lowest BCUT2D eigenvalue weighted by Gasteiger charge is -2.18. The van der Waals surface area contributed by atoms with Gasteiger partial charge in [0.15, 0.2) is 0 Å². The zero-order chi connectivity index (χ0) is 15.4. The number of rotatable bonds is 5. The van der Waals surface area contributed by atoms with Crippen molar-refractivity contribution in [3.63, 3.8) is 0 Å². The molecule has 21 heavy (non-hydrogen) atoms. The average molecular weight is 352 g/mol. The molecule has 1 atom stereocenters. The van der Waals surface area contributed by atoms with Gasteiger partial charge in [0.2, 0.25) is 0 Å². The van der Waals surface area contributed by atoms with Gasteiger partial charge in [-0.05, 0) is 62.4 Å². The number of benzene rings is 2. The van der Waals surface area contributed by atoms with Crippen LogP contribution in [0.2, 0.25) is 0 Å². The Bertz CT molecular complexity index is 613. The Morgan fingerprint density at radius 1 is 1.24 bits per heavy atom. The van der Waals surface area contributed by atoms with Crippen LogP contribution >= 0.6 is 15.9 Å². The van der Waals surface area contributed by atoms with Crippen LogP contribution in [0.4, 0.5) is 4.39 Å². The molecule has 0 saturated carbocycles. The molecule has 0 aliphatic rings. The number of hydrogen-bond acceptors (Lipinski definition) is 2. The third-order valence-corrected chi connectivity index (χ3v) is 3.84. The molecule has 0 amide bonds. The maximum Gasteiger partial charge on any atom is 0.132 e. The predicted octanol–water partition coefficient (Wildman–Crippen LogP) is 5.36. The van der Waals surface area contributed by atoms with Gasteiger partial charge < -0.3 is 10.1 Å². The van der Waals surface area contributed by atoms with Gasteiger partial charge in [-0.1, -0.05) is 22.9 Å². The Labute approximate surface area is 133 Å². The highest BCUT2D eigenvalue weighted by atomic mass is 79.9. The predicted molar refractivity (Wildman–Crippen MR) is 87.4 cm³/mol. The van der Waals surface area contributed by atoms with Crippen LogP contribution < -0.4 is 10.1 Å². The van der Waals surface area contributed by atoms with Gasteiger partial charge in [-0.15, -0.1) is 0 Å². The third-order valence-electron chi connectivity index (χ3n) is 3.31. The maximum atomic E-state index is 13.9. The maximum absolute atomic E-state index is 13.9. The van der Waals surface area contributed by atoms with Gasteiger partial charge in [0, 0.05) is 16.1 Å². The Balaban J connectivity index is 2.36. The Hall–Kier alpha value is -1.39. The van der Waals surface area contributed by atoms with E-state index in [2.05, 4.69) is 21.2 Å². The quantitative estimate of drug-likeness (QED) is 0.782. The lowest BCUT2D eigenvalue weighted by molar-refractivity contribution is 0.458. The van der Waals surface area contributed by atoms with Crippen molar-refractivity contribution in [2.24, 2.45) is 0 Å². The second kappa shape index (κ2) is 7.05. The summed E-state index contributed by atoms with van der Waals surface area (Å²) in [5, 5.41) is 3.29. The van der Waals surface area contributed by atoms with Crippen LogP contribution in [0.15, 0.2) is 40.9 Å². The zero-order valence-electron chi connectivity index (χ0n) is 12.4. The highest BCUT2D eigenvalue weighted by molar-refractivity contribution is 9.10. The average Bonchev–Trinajstić information content (AvgIpc) is 2.45. The smallest absolute Gasteiger partial charge is 0.132 e. The number of ether oxygens (including phenoxy) is 1. The molecule has 0 fully saturated rings. The molecule has 4 heteroatoms. The Morgan fingerprint density at radius 2 is 1.90 bits per heavy atom. The van der Waals surface area contributed by atoms with E-state index in [0.29, 0.717) is 11.3 Å². The minimum Gasteiger partial charge on any atom is -0.457 e. The second-order valence-corrected chi connectivity index (χ2v) is 5.89. The van der Waals surface area contributed by atoms with E-state index >= 15 is 0 Å². The van der Waals surface area contributed by atoms with E-state index in [1.807, 2.05) is 38.1 Å². The molecule has 2 nitrogen and oxygen atoms in total. The fraction of sp³-hybridized carbons (Fsp3) is 0.294. The Morgan fingerprint density at radius 3 is 2.52 bits per heavy atom. The Kier molecular flexibility index (Phi) is 5.37. The lowest BCUT2D eigenvalue weighted by atomic mass is 10.0. The summed E-state index contributed by atoms with van der Waals surface area (Å²) < 4.78 is 20.8. The molecule has 0 radical (unpaired) electrons. The molecule has 0 heterocycles. The van der Waals surface area contributed by atoms with Crippen LogP contribution in [0.5, 0.6) is 11.5 Å². The molecular formula is C17H19BrFNO. The standard InChI is InChI=1S/C17H19BrFNO/c1-4-20-12(3)15-10-16(19)11(2)9-17(15)21-14-7-5-13(18)6-8-14/h5-10,12,20H,4H2,1-3H3. The van der Waals surface area contributed by atoms with Gasteiger partial charge in [0.1, 0.15) is 17.3 Å². The van der Waals surface area contributed by atoms with E-state index in [0.717, 1.165) is 22.3 Å². The summed E-state index contributed by atoms with van der Waals surface area (Å²) in [5.74, 6) is 1.21. The molecule has 1 unspecified atom stereocenters. The number of nitrogens with one attached hydrogen (secondary N) is 1. The molecule has 112 valence electrons. The van der Waals surface area contributed by atoms with Crippen LogP contribution in [-0.2, 0) is 0 Å². The lowest BCUT2D eigenvalue weighted by Crippen LogP contribution is -2.18. The topological polar surface area (TPSA) is 21.3 Å². The number of hydrogen-bond donors (Lipinski definition) is 1. The van der Waals surface area contributed by atoms with Crippen molar-refractivity contribution in [3.05, 3.63) is 57.8 Å². The first-order valence-electron chi connectivity index (χ1n) is 6.98.